The molecule has 0 radical (unpaired) electrons. The molecular formula is C19H28O3. The molecule has 0 bridgehead atoms. The van der Waals surface area contributed by atoms with E-state index in [9.17, 15) is 9.59 Å². The van der Waals surface area contributed by atoms with Crippen molar-refractivity contribution < 1.29 is 14.3 Å². The summed E-state index contributed by atoms with van der Waals surface area (Å²) in [5, 5.41) is 0. The Hall–Kier alpha value is -1.12. The minimum Gasteiger partial charge on any atom is -0.462 e. The zero-order chi connectivity index (χ0) is 15.9. The molecule has 0 heterocycles. The molecular weight excluding hydrogens is 276 g/mol. The predicted molar refractivity (Wildman–Crippen MR) is 85.3 cm³/mol. The van der Waals surface area contributed by atoms with E-state index in [1.807, 2.05) is 0 Å². The molecule has 122 valence electrons. The summed E-state index contributed by atoms with van der Waals surface area (Å²) in [4.78, 5) is 23.7. The lowest BCUT2D eigenvalue weighted by Gasteiger charge is -2.47. The molecule has 0 aromatic carbocycles. The standard InChI is InChI=1S/C19H28O3/c1-4-5-15-13-10-11-19(3)16(14(13)6-8-17(15)21)7-9-18(19)22-12(2)20/h14,16,18H,4-11H2,1-3H3/t14?,16?,18-,19-/m1/s1. The Labute approximate surface area is 133 Å². The zero-order valence-electron chi connectivity index (χ0n) is 14.1. The van der Waals surface area contributed by atoms with Crippen LogP contribution in [0.3, 0.4) is 0 Å². The average Bonchev–Trinajstić information content (AvgIpc) is 2.78. The molecule has 0 amide bonds. The number of allylic oxidation sites excluding steroid dienone is 2. The minimum absolute atomic E-state index is 0.0730. The van der Waals surface area contributed by atoms with Crippen molar-refractivity contribution in [3.05, 3.63) is 11.1 Å². The monoisotopic (exact) mass is 304 g/mol. The number of hydrogen-bond acceptors (Lipinski definition) is 3. The molecule has 2 unspecified atom stereocenters. The molecule has 22 heavy (non-hydrogen) atoms. The molecule has 4 atom stereocenters. The maximum Gasteiger partial charge on any atom is 0.302 e. The van der Waals surface area contributed by atoms with Gasteiger partial charge in [0.2, 0.25) is 0 Å². The molecule has 0 N–H and O–H groups in total. The van der Waals surface area contributed by atoms with Crippen molar-refractivity contribution >= 4 is 11.8 Å². The van der Waals surface area contributed by atoms with E-state index < -0.39 is 0 Å². The highest BCUT2D eigenvalue weighted by atomic mass is 16.5. The Kier molecular flexibility index (Phi) is 4.17. The lowest BCUT2D eigenvalue weighted by atomic mass is 9.58. The minimum atomic E-state index is -0.154. The number of carbonyl (C=O) groups excluding carboxylic acids is 2. The largest absolute Gasteiger partial charge is 0.462 e. The van der Waals surface area contributed by atoms with Gasteiger partial charge in [-0.1, -0.05) is 25.8 Å². The van der Waals surface area contributed by atoms with Gasteiger partial charge >= 0.3 is 5.97 Å². The van der Waals surface area contributed by atoms with E-state index in [1.165, 1.54) is 12.5 Å². The van der Waals surface area contributed by atoms with Crippen LogP contribution in [-0.4, -0.2) is 17.9 Å². The Morgan fingerprint density at radius 1 is 1.27 bits per heavy atom. The van der Waals surface area contributed by atoms with Crippen molar-refractivity contribution in [1.82, 2.24) is 0 Å². The van der Waals surface area contributed by atoms with Gasteiger partial charge in [0, 0.05) is 18.8 Å². The lowest BCUT2D eigenvalue weighted by molar-refractivity contribution is -0.153. The fraction of sp³-hybridized carbons (Fsp3) is 0.789. The summed E-state index contributed by atoms with van der Waals surface area (Å²) in [6, 6.07) is 0. The number of fused-ring (bicyclic) bond motifs is 3. The van der Waals surface area contributed by atoms with Crippen molar-refractivity contribution in [2.24, 2.45) is 17.3 Å². The van der Waals surface area contributed by atoms with Crippen molar-refractivity contribution in [3.63, 3.8) is 0 Å². The number of esters is 1. The van der Waals surface area contributed by atoms with Crippen LogP contribution in [0.4, 0.5) is 0 Å². The first-order valence-electron chi connectivity index (χ1n) is 8.89. The van der Waals surface area contributed by atoms with Crippen molar-refractivity contribution in [2.45, 2.75) is 78.2 Å². The molecule has 3 aliphatic rings. The molecule has 3 rings (SSSR count). The molecule has 0 aliphatic heterocycles. The van der Waals surface area contributed by atoms with Gasteiger partial charge < -0.3 is 4.74 Å². The molecule has 3 nitrogen and oxygen atoms in total. The highest BCUT2D eigenvalue weighted by Crippen LogP contribution is 2.59. The summed E-state index contributed by atoms with van der Waals surface area (Å²) < 4.78 is 5.64. The SMILES string of the molecule is CCCC1=C2CC[C@]3(C)C(CC[C@H]3OC(C)=O)C2CCC1=O. The van der Waals surface area contributed by atoms with Crippen LogP contribution in [0.15, 0.2) is 11.1 Å². The van der Waals surface area contributed by atoms with E-state index in [0.717, 1.165) is 50.5 Å². The zero-order valence-corrected chi connectivity index (χ0v) is 14.1. The molecule has 0 spiro atoms. The maximum absolute atomic E-state index is 12.3. The Balaban J connectivity index is 1.89. The van der Waals surface area contributed by atoms with Crippen LogP contribution in [0, 0.1) is 17.3 Å². The summed E-state index contributed by atoms with van der Waals surface area (Å²) in [5.74, 6) is 1.38. The van der Waals surface area contributed by atoms with Crippen molar-refractivity contribution in [2.75, 3.05) is 0 Å². The first kappa shape index (κ1) is 15.8. The fourth-order valence-electron chi connectivity index (χ4n) is 5.38. The number of ketones is 1. The third kappa shape index (κ3) is 2.43. The summed E-state index contributed by atoms with van der Waals surface area (Å²) in [7, 11) is 0. The average molecular weight is 304 g/mol. The van der Waals surface area contributed by atoms with E-state index in [1.54, 1.807) is 0 Å². The first-order valence-corrected chi connectivity index (χ1v) is 8.89. The van der Waals surface area contributed by atoms with Crippen LogP contribution in [0.1, 0.15) is 72.1 Å². The van der Waals surface area contributed by atoms with Gasteiger partial charge in [-0.25, -0.2) is 0 Å². The van der Waals surface area contributed by atoms with E-state index in [4.69, 9.17) is 4.74 Å². The quantitative estimate of drug-likeness (QED) is 0.734. The summed E-state index contributed by atoms with van der Waals surface area (Å²) in [5.41, 5.74) is 2.72. The first-order chi connectivity index (χ1) is 10.5. The Bertz CT molecular complexity index is 519. The number of hydrogen-bond donors (Lipinski definition) is 0. The van der Waals surface area contributed by atoms with Crippen LogP contribution in [0.25, 0.3) is 0 Å². The normalized spacial score (nSPS) is 37.8. The van der Waals surface area contributed by atoms with E-state index in [2.05, 4.69) is 13.8 Å². The number of Topliss-reactive ketones (excluding diaryl/α,β-unsaturated/α-hetero) is 1. The lowest BCUT2D eigenvalue weighted by Crippen LogP contribution is -2.43. The number of rotatable bonds is 3. The topological polar surface area (TPSA) is 43.4 Å². The van der Waals surface area contributed by atoms with Crippen LogP contribution >= 0.6 is 0 Å². The van der Waals surface area contributed by atoms with Crippen molar-refractivity contribution in [3.8, 4) is 0 Å². The molecule has 0 saturated heterocycles. The maximum atomic E-state index is 12.3. The van der Waals surface area contributed by atoms with Crippen LogP contribution in [0.2, 0.25) is 0 Å². The highest BCUT2D eigenvalue weighted by Gasteiger charge is 2.55. The predicted octanol–water partition coefficient (Wildman–Crippen LogP) is 4.20. The van der Waals surface area contributed by atoms with Gasteiger partial charge in [0.05, 0.1) is 0 Å². The Morgan fingerprint density at radius 2 is 2.05 bits per heavy atom. The van der Waals surface area contributed by atoms with Gasteiger partial charge in [0.1, 0.15) is 6.10 Å². The van der Waals surface area contributed by atoms with E-state index in [-0.39, 0.29) is 17.5 Å². The smallest absolute Gasteiger partial charge is 0.302 e. The highest BCUT2D eigenvalue weighted by molar-refractivity contribution is 5.97. The summed E-state index contributed by atoms with van der Waals surface area (Å²) in [6.45, 7) is 5.98. The molecule has 0 aromatic heterocycles. The fourth-order valence-corrected chi connectivity index (χ4v) is 5.38. The summed E-state index contributed by atoms with van der Waals surface area (Å²) in [6.07, 6.45) is 8.00. The third-order valence-corrected chi connectivity index (χ3v) is 6.40. The third-order valence-electron chi connectivity index (χ3n) is 6.40. The molecule has 0 aromatic rings. The van der Waals surface area contributed by atoms with Gasteiger partial charge in [-0.2, -0.15) is 0 Å². The Morgan fingerprint density at radius 3 is 2.73 bits per heavy atom. The van der Waals surface area contributed by atoms with E-state index in [0.29, 0.717) is 24.0 Å². The van der Waals surface area contributed by atoms with Crippen LogP contribution in [-0.2, 0) is 14.3 Å². The molecule has 3 heteroatoms. The molecule has 2 fully saturated rings. The molecule has 3 aliphatic carbocycles. The van der Waals surface area contributed by atoms with Gasteiger partial charge in [-0.3, -0.25) is 9.59 Å². The molecule has 2 saturated carbocycles. The van der Waals surface area contributed by atoms with Crippen LogP contribution < -0.4 is 0 Å². The summed E-state index contributed by atoms with van der Waals surface area (Å²) >= 11 is 0. The van der Waals surface area contributed by atoms with Gasteiger partial charge in [-0.15, -0.1) is 0 Å². The van der Waals surface area contributed by atoms with Crippen molar-refractivity contribution in [1.29, 1.82) is 0 Å². The van der Waals surface area contributed by atoms with Gasteiger partial charge in [0.25, 0.3) is 0 Å². The van der Waals surface area contributed by atoms with Gasteiger partial charge in [-0.05, 0) is 55.9 Å². The van der Waals surface area contributed by atoms with Gasteiger partial charge in [0.15, 0.2) is 5.78 Å². The number of ether oxygens (including phenoxy) is 1. The van der Waals surface area contributed by atoms with Crippen LogP contribution in [0.5, 0.6) is 0 Å². The second kappa shape index (κ2) is 5.82. The second-order valence-corrected chi connectivity index (χ2v) is 7.61. The van der Waals surface area contributed by atoms with E-state index >= 15 is 0 Å². The second-order valence-electron chi connectivity index (χ2n) is 7.61. The number of carbonyl (C=O) groups is 2.